The van der Waals surface area contributed by atoms with Gasteiger partial charge in [0.25, 0.3) is 0 Å². The number of hydrogen-bond donors (Lipinski definition) is 0. The van der Waals surface area contributed by atoms with Crippen LogP contribution in [0.2, 0.25) is 0 Å². The molecule has 1 rings (SSSR count). The summed E-state index contributed by atoms with van der Waals surface area (Å²) >= 11 is 0. The predicted molar refractivity (Wildman–Crippen MR) is 50.8 cm³/mol. The van der Waals surface area contributed by atoms with Crippen molar-refractivity contribution in [1.82, 2.24) is 0 Å². The van der Waals surface area contributed by atoms with Crippen LogP contribution in [-0.2, 0) is 4.57 Å². The molecule has 0 bridgehead atoms. The maximum atomic E-state index is 11.7. The Morgan fingerprint density at radius 2 is 2.18 bits per heavy atom. The van der Waals surface area contributed by atoms with Gasteiger partial charge in [0.15, 0.2) is 0 Å². The van der Waals surface area contributed by atoms with E-state index in [1.165, 1.54) is 12.8 Å². The summed E-state index contributed by atoms with van der Waals surface area (Å²) in [6.45, 7) is 6.49. The molecule has 3 unspecified atom stereocenters. The summed E-state index contributed by atoms with van der Waals surface area (Å²) in [5.74, 6) is 1.54. The molecule has 0 radical (unpaired) electrons. The quantitative estimate of drug-likeness (QED) is 0.558. The fraction of sp³-hybridized carbons (Fsp3) is 1.00. The summed E-state index contributed by atoms with van der Waals surface area (Å²) in [4.78, 5) is 0. The first-order chi connectivity index (χ1) is 5.05. The standard InChI is InChI=1S/C9H19OP/c1-4-9-7-11(3,10)6-5-8(9)2/h8-9H,4-7H2,1-3H3. The molecule has 1 aliphatic rings. The van der Waals surface area contributed by atoms with E-state index in [4.69, 9.17) is 0 Å². The summed E-state index contributed by atoms with van der Waals surface area (Å²) < 4.78 is 11.7. The Morgan fingerprint density at radius 3 is 2.64 bits per heavy atom. The molecule has 3 atom stereocenters. The van der Waals surface area contributed by atoms with E-state index in [1.54, 1.807) is 0 Å². The second-order valence-corrected chi connectivity index (χ2v) is 7.54. The molecular formula is C9H19OP. The minimum Gasteiger partial charge on any atom is -0.324 e. The minimum atomic E-state index is -1.70. The van der Waals surface area contributed by atoms with Gasteiger partial charge >= 0.3 is 0 Å². The molecule has 1 aliphatic heterocycles. The summed E-state index contributed by atoms with van der Waals surface area (Å²) in [6, 6.07) is 0. The molecular weight excluding hydrogens is 155 g/mol. The van der Waals surface area contributed by atoms with Crippen molar-refractivity contribution in [2.75, 3.05) is 19.0 Å². The van der Waals surface area contributed by atoms with Gasteiger partial charge in [-0.15, -0.1) is 0 Å². The van der Waals surface area contributed by atoms with Crippen LogP contribution in [0.4, 0.5) is 0 Å². The third-order valence-corrected chi connectivity index (χ3v) is 5.45. The molecule has 0 aliphatic carbocycles. The second kappa shape index (κ2) is 3.31. The molecule has 11 heavy (non-hydrogen) atoms. The molecule has 0 aromatic rings. The van der Waals surface area contributed by atoms with Crippen molar-refractivity contribution in [2.45, 2.75) is 26.7 Å². The molecule has 66 valence electrons. The van der Waals surface area contributed by atoms with Gasteiger partial charge in [0.05, 0.1) is 7.14 Å². The highest BCUT2D eigenvalue weighted by molar-refractivity contribution is 7.63. The molecule has 0 spiro atoms. The Hall–Kier alpha value is 0.230. The zero-order valence-corrected chi connectivity index (χ0v) is 8.73. The molecule has 1 saturated heterocycles. The average molecular weight is 174 g/mol. The summed E-state index contributed by atoms with van der Waals surface area (Å²) in [5, 5.41) is 0. The largest absolute Gasteiger partial charge is 0.324 e. The highest BCUT2D eigenvalue weighted by atomic mass is 31.2. The predicted octanol–water partition coefficient (Wildman–Crippen LogP) is 3.05. The molecule has 2 heteroatoms. The van der Waals surface area contributed by atoms with Gasteiger partial charge in [-0.05, 0) is 24.9 Å². The van der Waals surface area contributed by atoms with Gasteiger partial charge in [-0.25, -0.2) is 0 Å². The number of hydrogen-bond acceptors (Lipinski definition) is 1. The van der Waals surface area contributed by atoms with Crippen molar-refractivity contribution in [3.8, 4) is 0 Å². The Labute approximate surface area is 69.9 Å². The average Bonchev–Trinajstić information content (AvgIpc) is 1.94. The van der Waals surface area contributed by atoms with Crippen molar-refractivity contribution in [3.63, 3.8) is 0 Å². The smallest absolute Gasteiger partial charge is 0.0851 e. The Bertz CT molecular complexity index is 176. The Kier molecular flexibility index (Phi) is 2.80. The number of rotatable bonds is 1. The molecule has 0 aromatic carbocycles. The van der Waals surface area contributed by atoms with Gasteiger partial charge in [-0.2, -0.15) is 0 Å². The lowest BCUT2D eigenvalue weighted by Gasteiger charge is -2.32. The van der Waals surface area contributed by atoms with Crippen molar-refractivity contribution < 1.29 is 4.57 Å². The highest BCUT2D eigenvalue weighted by Gasteiger charge is 2.30. The lowest BCUT2D eigenvalue weighted by molar-refractivity contribution is 0.352. The van der Waals surface area contributed by atoms with Gasteiger partial charge in [0, 0.05) is 12.3 Å². The molecule has 0 N–H and O–H groups in total. The van der Waals surface area contributed by atoms with Crippen molar-refractivity contribution in [1.29, 1.82) is 0 Å². The van der Waals surface area contributed by atoms with Gasteiger partial charge in [-0.1, -0.05) is 20.3 Å². The fourth-order valence-corrected chi connectivity index (χ4v) is 4.76. The highest BCUT2D eigenvalue weighted by Crippen LogP contribution is 2.50. The van der Waals surface area contributed by atoms with E-state index in [0.29, 0.717) is 0 Å². The van der Waals surface area contributed by atoms with Crippen LogP contribution in [0.5, 0.6) is 0 Å². The topological polar surface area (TPSA) is 17.1 Å². The maximum Gasteiger partial charge on any atom is 0.0851 e. The van der Waals surface area contributed by atoms with E-state index in [9.17, 15) is 4.57 Å². The van der Waals surface area contributed by atoms with Crippen molar-refractivity contribution >= 4 is 7.14 Å². The lowest BCUT2D eigenvalue weighted by atomic mass is 9.91. The van der Waals surface area contributed by atoms with Crippen molar-refractivity contribution in [2.24, 2.45) is 11.8 Å². The van der Waals surface area contributed by atoms with Crippen LogP contribution in [0.25, 0.3) is 0 Å². The zero-order chi connectivity index (χ0) is 8.48. The van der Waals surface area contributed by atoms with Crippen LogP contribution < -0.4 is 0 Å². The monoisotopic (exact) mass is 174 g/mol. The van der Waals surface area contributed by atoms with Crippen LogP contribution in [0.1, 0.15) is 26.7 Å². The molecule has 0 saturated carbocycles. The van der Waals surface area contributed by atoms with Gasteiger partial charge < -0.3 is 4.57 Å². The summed E-state index contributed by atoms with van der Waals surface area (Å²) in [7, 11) is -1.70. The summed E-state index contributed by atoms with van der Waals surface area (Å²) in [5.41, 5.74) is 0. The SMILES string of the molecule is CCC1CP(C)(=O)CCC1C. The van der Waals surface area contributed by atoms with Gasteiger partial charge in [0.2, 0.25) is 0 Å². The van der Waals surface area contributed by atoms with E-state index in [-0.39, 0.29) is 0 Å². The van der Waals surface area contributed by atoms with Crippen LogP contribution in [-0.4, -0.2) is 19.0 Å². The lowest BCUT2D eigenvalue weighted by Crippen LogP contribution is -2.22. The third-order valence-electron chi connectivity index (χ3n) is 3.01. The zero-order valence-electron chi connectivity index (χ0n) is 7.84. The first kappa shape index (κ1) is 9.32. The van der Waals surface area contributed by atoms with E-state index in [2.05, 4.69) is 13.8 Å². The molecule has 0 aromatic heterocycles. The minimum absolute atomic E-state index is 0.736. The second-order valence-electron chi connectivity index (χ2n) is 4.14. The van der Waals surface area contributed by atoms with E-state index in [1.807, 2.05) is 6.66 Å². The molecule has 1 heterocycles. The normalized spacial score (nSPS) is 45.7. The fourth-order valence-electron chi connectivity index (χ4n) is 2.01. The van der Waals surface area contributed by atoms with Gasteiger partial charge in [-0.3, -0.25) is 0 Å². The van der Waals surface area contributed by atoms with Crippen LogP contribution in [0.15, 0.2) is 0 Å². The third kappa shape index (κ3) is 2.33. The summed E-state index contributed by atoms with van der Waals surface area (Å²) in [6.07, 6.45) is 4.39. The van der Waals surface area contributed by atoms with Crippen LogP contribution in [0.3, 0.4) is 0 Å². The van der Waals surface area contributed by atoms with E-state index < -0.39 is 7.14 Å². The van der Waals surface area contributed by atoms with Gasteiger partial charge in [0.1, 0.15) is 0 Å². The van der Waals surface area contributed by atoms with E-state index >= 15 is 0 Å². The molecule has 1 fully saturated rings. The first-order valence-electron chi connectivity index (χ1n) is 4.60. The van der Waals surface area contributed by atoms with Crippen LogP contribution >= 0.6 is 7.14 Å². The van der Waals surface area contributed by atoms with Crippen molar-refractivity contribution in [3.05, 3.63) is 0 Å². The van der Waals surface area contributed by atoms with Crippen LogP contribution in [0, 0.1) is 11.8 Å². The maximum absolute atomic E-state index is 11.7. The van der Waals surface area contributed by atoms with E-state index in [0.717, 1.165) is 24.2 Å². The molecule has 0 amide bonds. The first-order valence-corrected chi connectivity index (χ1v) is 7.13. The molecule has 1 nitrogen and oxygen atoms in total. The Morgan fingerprint density at radius 1 is 1.55 bits per heavy atom. The Balaban J connectivity index is 2.58.